The molecule has 1 aliphatic carbocycles. The number of aliphatic imine (C=N–C) groups is 2. The molecule has 2 aliphatic heterocycles. The first kappa shape index (κ1) is 14.6. The van der Waals surface area contributed by atoms with E-state index < -0.39 is 5.66 Å². The highest BCUT2D eigenvalue weighted by molar-refractivity contribution is 6.06. The molecule has 1 aromatic rings. The summed E-state index contributed by atoms with van der Waals surface area (Å²) < 4.78 is 10.8. The highest BCUT2D eigenvalue weighted by Gasteiger charge is 2.43. The van der Waals surface area contributed by atoms with E-state index in [1.54, 1.807) is 12.1 Å². The smallest absolute Gasteiger partial charge is 0.231 e. The lowest BCUT2D eigenvalue weighted by Crippen LogP contribution is -2.58. The fourth-order valence-electron chi connectivity index (χ4n) is 3.68. The van der Waals surface area contributed by atoms with Crippen LogP contribution in [0.15, 0.2) is 22.1 Å². The molecule has 1 aromatic carbocycles. The molecule has 8 heteroatoms. The average molecular weight is 326 g/mol. The zero-order chi connectivity index (χ0) is 16.7. The van der Waals surface area contributed by atoms with Gasteiger partial charge in [-0.2, -0.15) is 10.3 Å². The van der Waals surface area contributed by atoms with Crippen LogP contribution in [0.25, 0.3) is 0 Å². The van der Waals surface area contributed by atoms with E-state index in [2.05, 4.69) is 16.1 Å². The second kappa shape index (κ2) is 5.30. The number of hydrogen-bond acceptors (Lipinski definition) is 8. The molecule has 1 saturated carbocycles. The van der Waals surface area contributed by atoms with E-state index in [0.29, 0.717) is 22.7 Å². The summed E-state index contributed by atoms with van der Waals surface area (Å²) in [6.45, 7) is 0.142. The maximum Gasteiger partial charge on any atom is 0.231 e. The number of rotatable bonds is 1. The molecular formula is C16H18N6O2. The fraction of sp³-hybridized carbons (Fsp3) is 0.438. The Morgan fingerprint density at radius 1 is 1.12 bits per heavy atom. The summed E-state index contributed by atoms with van der Waals surface area (Å²) in [6, 6.07) is 5.65. The van der Waals surface area contributed by atoms with Crippen molar-refractivity contribution < 1.29 is 9.47 Å². The molecule has 0 unspecified atom stereocenters. The van der Waals surface area contributed by atoms with E-state index >= 15 is 0 Å². The Hall–Kier alpha value is -2.95. The number of benzene rings is 1. The van der Waals surface area contributed by atoms with Crippen LogP contribution in [0.1, 0.15) is 37.7 Å². The molecule has 0 bridgehead atoms. The van der Waals surface area contributed by atoms with Crippen molar-refractivity contribution in [3.05, 3.63) is 17.7 Å². The Morgan fingerprint density at radius 3 is 2.54 bits per heavy atom. The van der Waals surface area contributed by atoms with E-state index in [9.17, 15) is 5.26 Å². The lowest BCUT2D eigenvalue weighted by atomic mass is 9.87. The van der Waals surface area contributed by atoms with E-state index in [1.807, 2.05) is 4.90 Å². The molecule has 4 rings (SSSR count). The molecule has 0 saturated heterocycles. The summed E-state index contributed by atoms with van der Waals surface area (Å²) in [5.41, 5.74) is 12.6. The Morgan fingerprint density at radius 2 is 1.83 bits per heavy atom. The summed E-state index contributed by atoms with van der Waals surface area (Å²) in [5.74, 6) is 1.58. The predicted molar refractivity (Wildman–Crippen MR) is 88.8 cm³/mol. The van der Waals surface area contributed by atoms with Gasteiger partial charge < -0.3 is 20.9 Å². The van der Waals surface area contributed by atoms with Crippen molar-refractivity contribution >= 4 is 17.6 Å². The van der Waals surface area contributed by atoms with Gasteiger partial charge in [-0.1, -0.05) is 6.42 Å². The third-order valence-electron chi connectivity index (χ3n) is 4.70. The van der Waals surface area contributed by atoms with Crippen LogP contribution in [0, 0.1) is 11.3 Å². The van der Waals surface area contributed by atoms with Gasteiger partial charge in [-0.3, -0.25) is 4.90 Å². The quantitative estimate of drug-likeness (QED) is 0.804. The van der Waals surface area contributed by atoms with Crippen LogP contribution in [-0.4, -0.2) is 24.4 Å². The van der Waals surface area contributed by atoms with Crippen LogP contribution in [0.3, 0.4) is 0 Å². The molecule has 0 radical (unpaired) electrons. The van der Waals surface area contributed by atoms with Gasteiger partial charge in [0, 0.05) is 12.1 Å². The van der Waals surface area contributed by atoms with Gasteiger partial charge in [0.05, 0.1) is 11.3 Å². The normalized spacial score (nSPS) is 21.2. The third-order valence-corrected chi connectivity index (χ3v) is 4.70. The molecule has 8 nitrogen and oxygen atoms in total. The predicted octanol–water partition coefficient (Wildman–Crippen LogP) is 1.40. The topological polar surface area (TPSA) is 122 Å². The van der Waals surface area contributed by atoms with Gasteiger partial charge >= 0.3 is 0 Å². The molecule has 124 valence electrons. The van der Waals surface area contributed by atoms with Crippen molar-refractivity contribution in [2.45, 2.75) is 37.8 Å². The Balaban J connectivity index is 1.88. The zero-order valence-corrected chi connectivity index (χ0v) is 13.2. The monoisotopic (exact) mass is 326 g/mol. The standard InChI is InChI=1S/C16H18N6O2/c17-8-10-6-12-13(24-9-23-12)7-11(10)22-15(19)20-14(18)21-16(22)4-2-1-3-5-16/h6-7H,1-5,9H2,(H4,18,19,20,21). The number of nitrogens with zero attached hydrogens (tertiary/aromatic N) is 4. The van der Waals surface area contributed by atoms with Gasteiger partial charge in [0.1, 0.15) is 11.7 Å². The van der Waals surface area contributed by atoms with Crippen molar-refractivity contribution in [1.29, 1.82) is 5.26 Å². The number of nitriles is 1. The molecule has 2 heterocycles. The fourth-order valence-corrected chi connectivity index (χ4v) is 3.68. The highest BCUT2D eigenvalue weighted by Crippen LogP contribution is 2.44. The first-order chi connectivity index (χ1) is 11.6. The molecule has 24 heavy (non-hydrogen) atoms. The second-order valence-corrected chi connectivity index (χ2v) is 6.15. The SMILES string of the molecule is N#Cc1cc2c(cc1N1C(N)=NC(N)=NC13CCCCC3)OCO2. The van der Waals surface area contributed by atoms with Gasteiger partial charge in [-0.05, 0) is 25.7 Å². The van der Waals surface area contributed by atoms with E-state index in [1.165, 1.54) is 0 Å². The average Bonchev–Trinajstić information content (AvgIpc) is 3.01. The molecular weight excluding hydrogens is 308 g/mol. The number of guanidine groups is 2. The maximum absolute atomic E-state index is 9.59. The van der Waals surface area contributed by atoms with Gasteiger partial charge in [-0.25, -0.2) is 4.99 Å². The Bertz CT molecular complexity index is 788. The number of fused-ring (bicyclic) bond motifs is 1. The van der Waals surface area contributed by atoms with Crippen LogP contribution in [0.2, 0.25) is 0 Å². The number of nitrogens with two attached hydrogens (primary N) is 2. The van der Waals surface area contributed by atoms with Gasteiger partial charge in [0.25, 0.3) is 0 Å². The van der Waals surface area contributed by atoms with Crippen LogP contribution >= 0.6 is 0 Å². The van der Waals surface area contributed by atoms with E-state index in [0.717, 1.165) is 32.1 Å². The maximum atomic E-state index is 9.59. The number of ether oxygens (including phenoxy) is 2. The van der Waals surface area contributed by atoms with Crippen LogP contribution in [-0.2, 0) is 0 Å². The minimum absolute atomic E-state index is 0.142. The van der Waals surface area contributed by atoms with Crippen molar-refractivity contribution in [3.63, 3.8) is 0 Å². The molecule has 1 fully saturated rings. The summed E-state index contributed by atoms with van der Waals surface area (Å²) in [6.07, 6.45) is 4.81. The molecule has 1 spiro atoms. The van der Waals surface area contributed by atoms with Crippen molar-refractivity contribution in [2.24, 2.45) is 21.5 Å². The highest BCUT2D eigenvalue weighted by atomic mass is 16.7. The first-order valence-corrected chi connectivity index (χ1v) is 7.96. The molecule has 3 aliphatic rings. The summed E-state index contributed by atoms with van der Waals surface area (Å²) in [5, 5.41) is 9.59. The van der Waals surface area contributed by atoms with E-state index in [-0.39, 0.29) is 18.7 Å². The number of anilines is 1. The number of hydrogen-bond donors (Lipinski definition) is 2. The summed E-state index contributed by atoms with van der Waals surface area (Å²) >= 11 is 0. The lowest BCUT2D eigenvalue weighted by Gasteiger charge is -2.45. The van der Waals surface area contributed by atoms with Crippen LogP contribution in [0.5, 0.6) is 11.5 Å². The minimum Gasteiger partial charge on any atom is -0.454 e. The molecule has 0 atom stereocenters. The van der Waals surface area contributed by atoms with Crippen LogP contribution < -0.4 is 25.8 Å². The van der Waals surface area contributed by atoms with Gasteiger partial charge in [0.15, 0.2) is 11.5 Å². The molecule has 0 amide bonds. The minimum atomic E-state index is -0.590. The van der Waals surface area contributed by atoms with Gasteiger partial charge in [-0.15, -0.1) is 0 Å². The zero-order valence-electron chi connectivity index (χ0n) is 13.2. The van der Waals surface area contributed by atoms with Crippen molar-refractivity contribution in [3.8, 4) is 17.6 Å². The van der Waals surface area contributed by atoms with Crippen molar-refractivity contribution in [2.75, 3.05) is 11.7 Å². The lowest BCUT2D eigenvalue weighted by molar-refractivity contribution is 0.174. The van der Waals surface area contributed by atoms with Gasteiger partial charge in [0.2, 0.25) is 18.7 Å². The molecule has 0 aromatic heterocycles. The Kier molecular flexibility index (Phi) is 3.23. The largest absolute Gasteiger partial charge is 0.454 e. The van der Waals surface area contributed by atoms with Crippen molar-refractivity contribution in [1.82, 2.24) is 0 Å². The second-order valence-electron chi connectivity index (χ2n) is 6.15. The van der Waals surface area contributed by atoms with E-state index in [4.69, 9.17) is 20.9 Å². The summed E-state index contributed by atoms with van der Waals surface area (Å²) in [7, 11) is 0. The first-order valence-electron chi connectivity index (χ1n) is 7.96. The third kappa shape index (κ3) is 2.12. The Labute approximate surface area is 139 Å². The molecule has 4 N–H and O–H groups in total. The van der Waals surface area contributed by atoms with Crippen LogP contribution in [0.4, 0.5) is 5.69 Å². The summed E-state index contributed by atoms with van der Waals surface area (Å²) in [4.78, 5) is 10.6.